The first-order chi connectivity index (χ1) is 10.8. The van der Waals surface area contributed by atoms with Crippen molar-refractivity contribution in [2.45, 2.75) is 4.90 Å². The van der Waals surface area contributed by atoms with Crippen LogP contribution in [0.15, 0.2) is 35.2 Å². The third-order valence-electron chi connectivity index (χ3n) is 2.94. The lowest BCUT2D eigenvalue weighted by atomic mass is 10.3. The van der Waals surface area contributed by atoms with Crippen LogP contribution in [0.1, 0.15) is 0 Å². The van der Waals surface area contributed by atoms with Crippen molar-refractivity contribution in [3.8, 4) is 11.5 Å². The smallest absolute Gasteiger partial charge is 0.262 e. The molecule has 0 spiro atoms. The van der Waals surface area contributed by atoms with Crippen molar-refractivity contribution in [2.24, 2.45) is 0 Å². The van der Waals surface area contributed by atoms with E-state index in [1.54, 1.807) is 0 Å². The molecule has 2 aromatic rings. The number of rotatable bonds is 5. The summed E-state index contributed by atoms with van der Waals surface area (Å²) in [6, 6.07) is 5.95. The molecule has 1 N–H and O–H groups in total. The van der Waals surface area contributed by atoms with Gasteiger partial charge in [0.25, 0.3) is 10.0 Å². The maximum absolute atomic E-state index is 14.0. The Morgan fingerprint density at radius 3 is 2.30 bits per heavy atom. The van der Waals surface area contributed by atoms with Gasteiger partial charge in [0.15, 0.2) is 17.3 Å². The predicted octanol–water partition coefficient (Wildman–Crippen LogP) is 3.39. The largest absolute Gasteiger partial charge is 0.493 e. The Morgan fingerprint density at radius 1 is 1.04 bits per heavy atom. The van der Waals surface area contributed by atoms with Gasteiger partial charge in [-0.05, 0) is 46.9 Å². The Balaban J connectivity index is 2.42. The molecule has 0 saturated carbocycles. The van der Waals surface area contributed by atoms with Crippen LogP contribution in [0.3, 0.4) is 0 Å². The van der Waals surface area contributed by atoms with E-state index < -0.39 is 21.7 Å². The summed E-state index contributed by atoms with van der Waals surface area (Å²) in [7, 11) is -1.29. The van der Waals surface area contributed by atoms with Crippen molar-refractivity contribution in [3.63, 3.8) is 0 Å². The Bertz CT molecular complexity index is 843. The summed E-state index contributed by atoms with van der Waals surface area (Å²) in [5, 5.41) is 0. The third kappa shape index (κ3) is 3.66. The summed E-state index contributed by atoms with van der Waals surface area (Å²) >= 11 is 1.46. The SMILES string of the molecule is COc1ccc(S(=O)(=O)Nc2ccc(F)c(I)c2F)cc1OC. The van der Waals surface area contributed by atoms with Gasteiger partial charge in [0.1, 0.15) is 5.82 Å². The summed E-state index contributed by atoms with van der Waals surface area (Å²) < 4.78 is 63.7. The van der Waals surface area contributed by atoms with Crippen molar-refractivity contribution in [1.82, 2.24) is 0 Å². The molecule has 2 aromatic carbocycles. The molecule has 0 unspecified atom stereocenters. The normalized spacial score (nSPS) is 11.2. The number of methoxy groups -OCH3 is 2. The summed E-state index contributed by atoms with van der Waals surface area (Å²) in [5.74, 6) is -1.18. The minimum atomic E-state index is -4.07. The second kappa shape index (κ2) is 6.87. The van der Waals surface area contributed by atoms with E-state index in [0.717, 1.165) is 12.1 Å². The number of benzene rings is 2. The molecule has 0 atom stereocenters. The van der Waals surface area contributed by atoms with E-state index in [-0.39, 0.29) is 19.9 Å². The summed E-state index contributed by atoms with van der Waals surface area (Å²) in [4.78, 5) is -0.145. The second-order valence-corrected chi connectivity index (χ2v) is 7.11. The molecule has 0 aliphatic heterocycles. The molecule has 9 heteroatoms. The maximum Gasteiger partial charge on any atom is 0.262 e. The van der Waals surface area contributed by atoms with E-state index in [0.29, 0.717) is 5.75 Å². The van der Waals surface area contributed by atoms with Crippen LogP contribution < -0.4 is 14.2 Å². The molecule has 0 amide bonds. The van der Waals surface area contributed by atoms with Crippen LogP contribution in [0.2, 0.25) is 0 Å². The lowest BCUT2D eigenvalue weighted by molar-refractivity contribution is 0.354. The first-order valence-corrected chi connectivity index (χ1v) is 8.74. The highest BCUT2D eigenvalue weighted by molar-refractivity contribution is 14.1. The summed E-state index contributed by atoms with van der Waals surface area (Å²) in [6.07, 6.45) is 0. The van der Waals surface area contributed by atoms with Crippen molar-refractivity contribution in [3.05, 3.63) is 45.5 Å². The van der Waals surface area contributed by atoms with Crippen LogP contribution in [-0.4, -0.2) is 22.6 Å². The van der Waals surface area contributed by atoms with E-state index >= 15 is 0 Å². The molecule has 0 saturated heterocycles. The monoisotopic (exact) mass is 455 g/mol. The van der Waals surface area contributed by atoms with Crippen LogP contribution in [0.25, 0.3) is 0 Å². The van der Waals surface area contributed by atoms with E-state index in [4.69, 9.17) is 9.47 Å². The minimum Gasteiger partial charge on any atom is -0.493 e. The number of nitrogens with one attached hydrogen (secondary N) is 1. The van der Waals surface area contributed by atoms with Crippen LogP contribution in [0.5, 0.6) is 11.5 Å². The molecule has 0 radical (unpaired) electrons. The summed E-state index contributed by atoms with van der Waals surface area (Å²) in [6.45, 7) is 0. The van der Waals surface area contributed by atoms with Crippen molar-refractivity contribution in [2.75, 3.05) is 18.9 Å². The Hall–Kier alpha value is -1.62. The van der Waals surface area contributed by atoms with Crippen molar-refractivity contribution in [1.29, 1.82) is 0 Å². The van der Waals surface area contributed by atoms with Crippen LogP contribution in [0, 0.1) is 15.2 Å². The number of halogens is 3. The molecule has 5 nitrogen and oxygen atoms in total. The number of hydrogen-bond donors (Lipinski definition) is 1. The van der Waals surface area contributed by atoms with Gasteiger partial charge in [0, 0.05) is 6.07 Å². The van der Waals surface area contributed by atoms with Gasteiger partial charge < -0.3 is 9.47 Å². The average Bonchev–Trinajstić information content (AvgIpc) is 2.54. The summed E-state index contributed by atoms with van der Waals surface area (Å²) in [5.41, 5.74) is -0.342. The Morgan fingerprint density at radius 2 is 1.70 bits per heavy atom. The number of sulfonamides is 1. The molecule has 0 fully saturated rings. The van der Waals surface area contributed by atoms with Gasteiger partial charge >= 0.3 is 0 Å². The number of anilines is 1. The van der Waals surface area contributed by atoms with Gasteiger partial charge in [0.05, 0.1) is 28.4 Å². The molecule has 23 heavy (non-hydrogen) atoms. The van der Waals surface area contributed by atoms with Gasteiger partial charge in [-0.25, -0.2) is 17.2 Å². The molecule has 124 valence electrons. The molecule has 0 aliphatic carbocycles. The van der Waals surface area contributed by atoms with Gasteiger partial charge in [-0.2, -0.15) is 0 Å². The lowest BCUT2D eigenvalue weighted by Crippen LogP contribution is -2.15. The van der Waals surface area contributed by atoms with Crippen molar-refractivity contribution < 1.29 is 26.7 Å². The van der Waals surface area contributed by atoms with Crippen molar-refractivity contribution >= 4 is 38.3 Å². The second-order valence-electron chi connectivity index (χ2n) is 4.35. The fourth-order valence-corrected chi connectivity index (χ4v) is 3.34. The van der Waals surface area contributed by atoms with Gasteiger partial charge in [0.2, 0.25) is 0 Å². The third-order valence-corrected chi connectivity index (χ3v) is 5.30. The average molecular weight is 455 g/mol. The van der Waals surface area contributed by atoms with E-state index in [2.05, 4.69) is 4.72 Å². The maximum atomic E-state index is 14.0. The molecule has 0 heterocycles. The quantitative estimate of drug-likeness (QED) is 0.555. The fourth-order valence-electron chi connectivity index (χ4n) is 1.79. The van der Waals surface area contributed by atoms with Crippen LogP contribution in [0.4, 0.5) is 14.5 Å². The highest BCUT2D eigenvalue weighted by Gasteiger charge is 2.20. The molecule has 2 rings (SSSR count). The van der Waals surface area contributed by atoms with Gasteiger partial charge in [-0.3, -0.25) is 4.72 Å². The lowest BCUT2D eigenvalue weighted by Gasteiger charge is -2.12. The Kier molecular flexibility index (Phi) is 5.30. The van der Waals surface area contributed by atoms with E-state index in [1.807, 2.05) is 0 Å². The molecule has 0 aromatic heterocycles. The molecule has 0 aliphatic rings. The zero-order valence-electron chi connectivity index (χ0n) is 12.1. The standard InChI is InChI=1S/C14H12F2INO4S/c1-21-11-6-3-8(7-12(11)22-2)23(19,20)18-10-5-4-9(15)14(17)13(10)16/h3-7,18H,1-2H3. The van der Waals surface area contributed by atoms with Gasteiger partial charge in [-0.1, -0.05) is 0 Å². The predicted molar refractivity (Wildman–Crippen MR) is 89.4 cm³/mol. The van der Waals surface area contributed by atoms with Crippen LogP contribution >= 0.6 is 22.6 Å². The van der Waals surface area contributed by atoms with E-state index in [9.17, 15) is 17.2 Å². The minimum absolute atomic E-state index is 0.145. The highest BCUT2D eigenvalue weighted by Crippen LogP contribution is 2.31. The van der Waals surface area contributed by atoms with Crippen LogP contribution in [-0.2, 0) is 10.0 Å². The molecular weight excluding hydrogens is 443 g/mol. The number of hydrogen-bond acceptors (Lipinski definition) is 4. The zero-order valence-corrected chi connectivity index (χ0v) is 15.0. The molecule has 0 bridgehead atoms. The number of ether oxygens (including phenoxy) is 2. The first-order valence-electron chi connectivity index (χ1n) is 6.18. The zero-order chi connectivity index (χ0) is 17.2. The van der Waals surface area contributed by atoms with Gasteiger partial charge in [-0.15, -0.1) is 0 Å². The fraction of sp³-hybridized carbons (Fsp3) is 0.143. The molecular formula is C14H12F2INO4S. The first kappa shape index (κ1) is 17.7. The highest BCUT2D eigenvalue weighted by atomic mass is 127. The Labute approximate surface area is 145 Å². The van der Waals surface area contributed by atoms with E-state index in [1.165, 1.54) is 55.0 Å². The topological polar surface area (TPSA) is 64.6 Å².